The van der Waals surface area contributed by atoms with E-state index in [1.54, 1.807) is 38.1 Å². The number of amides is 1. The predicted molar refractivity (Wildman–Crippen MR) is 171 cm³/mol. The zero-order chi connectivity index (χ0) is 32.8. The number of hydrogen-bond donors (Lipinski definition) is 4. The second-order valence-corrected chi connectivity index (χ2v) is 13.8. The summed E-state index contributed by atoms with van der Waals surface area (Å²) in [5, 5.41) is 20.6. The Hall–Kier alpha value is -3.61. The first-order chi connectivity index (χ1) is 21.2. The van der Waals surface area contributed by atoms with E-state index >= 15 is 0 Å². The minimum atomic E-state index is -4.49. The zero-order valence-electron chi connectivity index (χ0n) is 25.7. The van der Waals surface area contributed by atoms with Crippen LogP contribution in [-0.2, 0) is 28.2 Å². The van der Waals surface area contributed by atoms with E-state index in [-0.39, 0.29) is 24.3 Å². The number of sulfonamides is 1. The summed E-state index contributed by atoms with van der Waals surface area (Å²) in [5.74, 6) is -0.461. The number of anilines is 2. The van der Waals surface area contributed by atoms with Gasteiger partial charge in [-0.3, -0.25) is 9.10 Å². The minimum Gasteiger partial charge on any atom is -0.390 e. The highest BCUT2D eigenvalue weighted by Crippen LogP contribution is 2.32. The van der Waals surface area contributed by atoms with Gasteiger partial charge >= 0.3 is 6.18 Å². The smallest absolute Gasteiger partial charge is 0.390 e. The Morgan fingerprint density at radius 1 is 0.978 bits per heavy atom. The van der Waals surface area contributed by atoms with Crippen molar-refractivity contribution in [2.75, 3.05) is 35.0 Å². The lowest BCUT2D eigenvalue weighted by molar-refractivity contribution is -0.137. The average Bonchev–Trinajstić information content (AvgIpc) is 2.99. The molecular formula is C33H41F3N4O4S. The molecule has 1 aliphatic rings. The molecule has 0 aliphatic carbocycles. The number of halogens is 3. The molecule has 4 rings (SSSR count). The fraction of sp³-hybridized carbons (Fsp3) is 0.424. The maximum absolute atomic E-state index is 13.7. The van der Waals surface area contributed by atoms with Crippen LogP contribution in [0.2, 0.25) is 0 Å². The van der Waals surface area contributed by atoms with Gasteiger partial charge in [-0.15, -0.1) is 0 Å². The summed E-state index contributed by atoms with van der Waals surface area (Å²) in [5.41, 5.74) is 0.772. The zero-order valence-corrected chi connectivity index (χ0v) is 26.5. The van der Waals surface area contributed by atoms with E-state index in [4.69, 9.17) is 0 Å². The van der Waals surface area contributed by atoms with E-state index in [2.05, 4.69) is 16.0 Å². The number of aliphatic hydroxyl groups is 1. The Kier molecular flexibility index (Phi) is 10.8. The first-order valence-electron chi connectivity index (χ1n) is 15.0. The lowest BCUT2D eigenvalue weighted by Gasteiger charge is -2.32. The van der Waals surface area contributed by atoms with Crippen LogP contribution < -0.4 is 20.3 Å². The van der Waals surface area contributed by atoms with Gasteiger partial charge in [0.25, 0.3) is 5.91 Å². The van der Waals surface area contributed by atoms with E-state index in [0.717, 1.165) is 17.7 Å². The van der Waals surface area contributed by atoms with Crippen molar-refractivity contribution in [3.8, 4) is 0 Å². The molecule has 12 heteroatoms. The summed E-state index contributed by atoms with van der Waals surface area (Å²) in [7, 11) is -3.52. The lowest BCUT2D eigenvalue weighted by atomic mass is 9.92. The molecule has 3 aromatic carbocycles. The summed E-state index contributed by atoms with van der Waals surface area (Å²) >= 11 is 0. The van der Waals surface area contributed by atoms with Crippen LogP contribution in [0.15, 0.2) is 72.8 Å². The highest BCUT2D eigenvalue weighted by Gasteiger charge is 2.33. The summed E-state index contributed by atoms with van der Waals surface area (Å²) in [6.45, 7) is 6.19. The number of aliphatic hydroxyl groups excluding tert-OH is 1. The molecule has 2 atom stereocenters. The number of hydrogen-bond acceptors (Lipinski definition) is 6. The Morgan fingerprint density at radius 3 is 2.36 bits per heavy atom. The monoisotopic (exact) mass is 646 g/mol. The Morgan fingerprint density at radius 2 is 1.69 bits per heavy atom. The van der Waals surface area contributed by atoms with E-state index in [0.29, 0.717) is 42.9 Å². The van der Waals surface area contributed by atoms with Crippen LogP contribution >= 0.6 is 0 Å². The van der Waals surface area contributed by atoms with Crippen molar-refractivity contribution in [1.82, 2.24) is 10.6 Å². The van der Waals surface area contributed by atoms with Gasteiger partial charge in [0.05, 0.1) is 29.1 Å². The van der Waals surface area contributed by atoms with Gasteiger partial charge in [0.1, 0.15) is 0 Å². The average molecular weight is 647 g/mol. The van der Waals surface area contributed by atoms with Crippen molar-refractivity contribution in [3.05, 3.63) is 95.1 Å². The first kappa shape index (κ1) is 34.3. The largest absolute Gasteiger partial charge is 0.416 e. The molecule has 45 heavy (non-hydrogen) atoms. The number of nitrogens with zero attached hydrogens (tertiary/aromatic N) is 1. The molecule has 244 valence electrons. The molecule has 3 aromatic rings. The molecule has 0 saturated carbocycles. The van der Waals surface area contributed by atoms with Crippen LogP contribution in [0.25, 0.3) is 0 Å². The van der Waals surface area contributed by atoms with Crippen molar-refractivity contribution in [3.63, 3.8) is 0 Å². The molecular weight excluding hydrogens is 605 g/mol. The molecule has 4 N–H and O–H groups in total. The summed E-state index contributed by atoms with van der Waals surface area (Å²) < 4.78 is 67.0. The van der Waals surface area contributed by atoms with Crippen LogP contribution in [0, 0.1) is 0 Å². The van der Waals surface area contributed by atoms with Gasteiger partial charge in [0, 0.05) is 36.4 Å². The highest BCUT2D eigenvalue weighted by atomic mass is 32.2. The third-order valence-corrected chi connectivity index (χ3v) is 9.81. The highest BCUT2D eigenvalue weighted by molar-refractivity contribution is 7.92. The number of nitrogens with one attached hydrogen (secondary N) is 3. The molecule has 1 amide bonds. The van der Waals surface area contributed by atoms with E-state index in [1.807, 2.05) is 37.3 Å². The van der Waals surface area contributed by atoms with E-state index < -0.39 is 45.4 Å². The van der Waals surface area contributed by atoms with Crippen LogP contribution in [0.1, 0.15) is 60.7 Å². The van der Waals surface area contributed by atoms with Crippen LogP contribution in [0.4, 0.5) is 24.5 Å². The van der Waals surface area contributed by atoms with Crippen LogP contribution in [0.5, 0.6) is 0 Å². The molecule has 1 aliphatic heterocycles. The van der Waals surface area contributed by atoms with Crippen molar-refractivity contribution >= 4 is 27.3 Å². The Bertz CT molecular complexity index is 1570. The Labute approximate surface area is 263 Å². The third-order valence-electron chi connectivity index (χ3n) is 7.94. The number of carbonyl (C=O) groups excluding carboxylic acids is 1. The third kappa shape index (κ3) is 8.99. The van der Waals surface area contributed by atoms with Crippen molar-refractivity contribution in [1.29, 1.82) is 0 Å². The molecule has 0 radical (unpaired) electrons. The second kappa shape index (κ2) is 14.2. The van der Waals surface area contributed by atoms with Crippen molar-refractivity contribution < 1.29 is 31.5 Å². The van der Waals surface area contributed by atoms with E-state index in [1.165, 1.54) is 10.4 Å². The second-order valence-electron chi connectivity index (χ2n) is 11.8. The summed E-state index contributed by atoms with van der Waals surface area (Å²) in [6.07, 6.45) is -4.05. The van der Waals surface area contributed by atoms with Crippen LogP contribution in [0.3, 0.4) is 0 Å². The normalized spacial score (nSPS) is 16.6. The summed E-state index contributed by atoms with van der Waals surface area (Å²) in [6, 6.07) is 18.4. The predicted octanol–water partition coefficient (Wildman–Crippen LogP) is 5.29. The maximum atomic E-state index is 13.7. The fourth-order valence-electron chi connectivity index (χ4n) is 5.36. The molecule has 0 spiro atoms. The van der Waals surface area contributed by atoms with Gasteiger partial charge in [0.15, 0.2) is 0 Å². The quantitative estimate of drug-likeness (QED) is 0.213. The van der Waals surface area contributed by atoms with E-state index in [9.17, 15) is 31.5 Å². The molecule has 0 aromatic heterocycles. The van der Waals surface area contributed by atoms with Gasteiger partial charge < -0.3 is 21.1 Å². The fourth-order valence-corrected chi connectivity index (χ4v) is 6.99. The number of alkyl halides is 3. The molecule has 1 fully saturated rings. The molecule has 0 unspecified atom stereocenters. The number of rotatable bonds is 12. The number of benzene rings is 3. The molecule has 1 saturated heterocycles. The van der Waals surface area contributed by atoms with Crippen molar-refractivity contribution in [2.45, 2.75) is 63.9 Å². The molecule has 8 nitrogen and oxygen atoms in total. The SMILES string of the molecule is CCNc1cc(C(=O)N[C@@H](Cc2ccccc2)[C@H](O)CNC(C)(C)c2cccc(C(F)(F)F)c2)cc(N2CCCCS2(=O)=O)c1. The lowest BCUT2D eigenvalue weighted by Crippen LogP contribution is -2.51. The van der Waals surface area contributed by atoms with Crippen molar-refractivity contribution in [2.24, 2.45) is 0 Å². The standard InChI is InChI=1S/C33H41F3N4O4S/c1-4-37-27-18-24(19-28(21-27)40-15-8-9-16-45(40,43)44)31(42)39-29(17-23-11-6-5-7-12-23)30(41)22-38-32(2,3)25-13-10-14-26(20-25)33(34,35)36/h5-7,10-14,18-21,29-30,37-38,41H,4,8-9,15-17,22H2,1-3H3,(H,39,42)/t29-,30+/m0/s1. The van der Waals surface area contributed by atoms with Gasteiger partial charge in [0.2, 0.25) is 10.0 Å². The first-order valence-corrected chi connectivity index (χ1v) is 16.7. The number of carbonyl (C=O) groups is 1. The summed E-state index contributed by atoms with van der Waals surface area (Å²) in [4.78, 5) is 13.7. The maximum Gasteiger partial charge on any atom is 0.416 e. The minimum absolute atomic E-state index is 0.0320. The molecule has 0 bridgehead atoms. The topological polar surface area (TPSA) is 111 Å². The Balaban J connectivity index is 1.57. The van der Waals surface area contributed by atoms with Crippen LogP contribution in [-0.4, -0.2) is 57.0 Å². The van der Waals surface area contributed by atoms with Gasteiger partial charge in [-0.05, 0) is 81.5 Å². The van der Waals surface area contributed by atoms with Gasteiger partial charge in [-0.2, -0.15) is 13.2 Å². The van der Waals surface area contributed by atoms with Gasteiger partial charge in [-0.1, -0.05) is 42.5 Å². The van der Waals surface area contributed by atoms with Gasteiger partial charge in [-0.25, -0.2) is 8.42 Å². The molecule has 1 heterocycles.